The zero-order chi connectivity index (χ0) is 21.7. The molecule has 160 valence electrons. The number of aliphatic hydroxyl groups excluding tert-OH is 1. The fraction of sp³-hybridized carbons (Fsp3) is 0.333. The second kappa shape index (κ2) is 9.80. The Hall–Kier alpha value is -2.81. The van der Waals surface area contributed by atoms with Gasteiger partial charge in [0.05, 0.1) is 18.8 Å². The molecule has 0 radical (unpaired) electrons. The average molecular weight is 434 g/mol. The lowest BCUT2D eigenvalue weighted by Crippen LogP contribution is -2.52. The molecular formula is C21H24ClN3O5. The molecule has 1 aliphatic heterocycles. The molecule has 2 aromatic rings. The Morgan fingerprint density at radius 3 is 2.63 bits per heavy atom. The van der Waals surface area contributed by atoms with Gasteiger partial charge < -0.3 is 25.2 Å². The van der Waals surface area contributed by atoms with E-state index in [1.54, 1.807) is 0 Å². The zero-order valence-corrected chi connectivity index (χ0v) is 17.3. The summed E-state index contributed by atoms with van der Waals surface area (Å²) in [6.07, 6.45) is -1.31. The Kier molecular flexibility index (Phi) is 7.15. The molecule has 0 aromatic heterocycles. The van der Waals surface area contributed by atoms with Crippen molar-refractivity contribution in [3.63, 3.8) is 0 Å². The van der Waals surface area contributed by atoms with Crippen LogP contribution in [-0.2, 0) is 16.1 Å². The summed E-state index contributed by atoms with van der Waals surface area (Å²) >= 11 is 5.90. The Labute approximate surface area is 179 Å². The monoisotopic (exact) mass is 433 g/mol. The smallest absolute Gasteiger partial charge is 0.237 e. The van der Waals surface area contributed by atoms with Crippen LogP contribution in [-0.4, -0.2) is 64.3 Å². The minimum absolute atomic E-state index is 0.0250. The number of hydrogen-bond donors (Lipinski definition) is 3. The first-order valence-electron chi connectivity index (χ1n) is 9.50. The van der Waals surface area contributed by atoms with Gasteiger partial charge in [-0.15, -0.1) is 0 Å². The highest BCUT2D eigenvalue weighted by atomic mass is 35.5. The summed E-state index contributed by atoms with van der Waals surface area (Å²) in [6.45, 7) is 3.30. The maximum Gasteiger partial charge on any atom is 0.237 e. The fourth-order valence-corrected chi connectivity index (χ4v) is 3.33. The molecule has 0 spiro atoms. The largest absolute Gasteiger partial charge is 0.508 e. The lowest BCUT2D eigenvalue weighted by molar-refractivity contribution is -0.141. The number of aliphatic hydroxyl groups is 1. The van der Waals surface area contributed by atoms with Crippen LogP contribution in [0.1, 0.15) is 12.5 Å². The van der Waals surface area contributed by atoms with Crippen LogP contribution in [0.5, 0.6) is 11.5 Å². The topological polar surface area (TPSA) is 102 Å². The maximum atomic E-state index is 12.5. The van der Waals surface area contributed by atoms with Gasteiger partial charge in [-0.25, -0.2) is 0 Å². The van der Waals surface area contributed by atoms with Crippen molar-refractivity contribution in [3.05, 3.63) is 53.1 Å². The molecule has 3 rings (SSSR count). The quantitative estimate of drug-likeness (QED) is 0.456. The summed E-state index contributed by atoms with van der Waals surface area (Å²) in [5.74, 6) is -0.382. The molecule has 2 aromatic carbocycles. The number of benzene rings is 2. The predicted molar refractivity (Wildman–Crippen MR) is 112 cm³/mol. The number of rotatable bonds is 7. The Morgan fingerprint density at radius 1 is 1.23 bits per heavy atom. The molecule has 0 saturated carbocycles. The molecule has 8 nitrogen and oxygen atoms in total. The van der Waals surface area contributed by atoms with Gasteiger partial charge in [0.25, 0.3) is 0 Å². The highest BCUT2D eigenvalue weighted by molar-refractivity contribution is 6.30. The number of halogens is 1. The average Bonchev–Trinajstić information content (AvgIpc) is 2.68. The van der Waals surface area contributed by atoms with Crippen molar-refractivity contribution in [2.24, 2.45) is 0 Å². The van der Waals surface area contributed by atoms with Crippen molar-refractivity contribution in [3.8, 4) is 11.5 Å². The Bertz CT molecular complexity index is 906. The lowest BCUT2D eigenvalue weighted by Gasteiger charge is -2.35. The van der Waals surface area contributed by atoms with Crippen LogP contribution in [0.2, 0.25) is 5.02 Å². The van der Waals surface area contributed by atoms with Gasteiger partial charge in [-0.2, -0.15) is 0 Å². The number of phenols is 1. The molecule has 1 saturated heterocycles. The molecular weight excluding hydrogens is 410 g/mol. The summed E-state index contributed by atoms with van der Waals surface area (Å²) in [4.78, 5) is 27.4. The molecule has 2 amide bonds. The molecule has 0 aliphatic carbocycles. The molecule has 9 heteroatoms. The fourth-order valence-electron chi connectivity index (χ4n) is 3.21. The van der Waals surface area contributed by atoms with E-state index in [1.165, 1.54) is 30.0 Å². The van der Waals surface area contributed by atoms with Crippen LogP contribution in [0, 0.1) is 0 Å². The summed E-state index contributed by atoms with van der Waals surface area (Å²) in [6, 6.07) is 11.7. The number of nitrogens with one attached hydrogen (secondary N) is 1. The second-order valence-electron chi connectivity index (χ2n) is 7.11. The van der Waals surface area contributed by atoms with E-state index in [-0.39, 0.29) is 36.4 Å². The van der Waals surface area contributed by atoms with Crippen molar-refractivity contribution >= 4 is 29.1 Å². The number of phenolic OH excluding ortho intramolecular Hbond substituents is 1. The number of amides is 2. The summed E-state index contributed by atoms with van der Waals surface area (Å²) in [5, 5.41) is 23.2. The number of carbonyl (C=O) groups is 2. The first-order valence-corrected chi connectivity index (χ1v) is 9.88. The van der Waals surface area contributed by atoms with Crippen molar-refractivity contribution in [2.45, 2.75) is 19.8 Å². The van der Waals surface area contributed by atoms with Crippen molar-refractivity contribution in [1.29, 1.82) is 0 Å². The number of hydrogen-bond acceptors (Lipinski definition) is 6. The van der Waals surface area contributed by atoms with E-state index in [0.717, 1.165) is 5.56 Å². The number of carbonyl (C=O) groups excluding carboxylic acids is 2. The van der Waals surface area contributed by atoms with Gasteiger partial charge in [-0.05, 0) is 29.8 Å². The third-order valence-corrected chi connectivity index (χ3v) is 4.88. The molecule has 1 fully saturated rings. The van der Waals surface area contributed by atoms with Gasteiger partial charge >= 0.3 is 0 Å². The van der Waals surface area contributed by atoms with E-state index in [1.807, 2.05) is 29.2 Å². The minimum Gasteiger partial charge on any atom is -0.508 e. The molecule has 3 N–H and O–H groups in total. The molecule has 0 bridgehead atoms. The molecule has 0 unspecified atom stereocenters. The first-order chi connectivity index (χ1) is 14.3. The van der Waals surface area contributed by atoms with E-state index in [0.29, 0.717) is 30.3 Å². The molecule has 1 heterocycles. The van der Waals surface area contributed by atoms with E-state index < -0.39 is 6.29 Å². The lowest BCUT2D eigenvalue weighted by atomic mass is 10.2. The maximum absolute atomic E-state index is 12.5. The van der Waals surface area contributed by atoms with Crippen LogP contribution >= 0.6 is 11.6 Å². The van der Waals surface area contributed by atoms with E-state index in [9.17, 15) is 19.8 Å². The van der Waals surface area contributed by atoms with Crippen molar-refractivity contribution < 1.29 is 24.5 Å². The van der Waals surface area contributed by atoms with E-state index in [2.05, 4.69) is 5.32 Å². The summed E-state index contributed by atoms with van der Waals surface area (Å²) in [7, 11) is 0. The van der Waals surface area contributed by atoms with Crippen LogP contribution in [0.15, 0.2) is 42.5 Å². The van der Waals surface area contributed by atoms with Crippen molar-refractivity contribution in [2.75, 3.05) is 31.5 Å². The number of β-amino-alcohol motifs (C(OH)–C–C–N with tert-alkyl or cyclic N) is 1. The number of nitrogens with zero attached hydrogens (tertiary/aromatic N) is 2. The Morgan fingerprint density at radius 2 is 1.97 bits per heavy atom. The molecule has 30 heavy (non-hydrogen) atoms. The standard InChI is InChI=1S/C21H24ClN3O5/c1-14(26)23-18-7-6-17(27)10-19(18)30-21(29)13-25-9-8-24(12-20(25)28)11-15-2-4-16(22)5-3-15/h2-7,10,21,27,29H,8-9,11-13H2,1H3,(H,23,26)/t21-/m0/s1. The van der Waals surface area contributed by atoms with E-state index >= 15 is 0 Å². The first kappa shape index (κ1) is 21.9. The highest BCUT2D eigenvalue weighted by Gasteiger charge is 2.26. The predicted octanol–water partition coefficient (Wildman–Crippen LogP) is 2.05. The van der Waals surface area contributed by atoms with Crippen LogP contribution in [0.3, 0.4) is 0 Å². The van der Waals surface area contributed by atoms with Crippen LogP contribution in [0.25, 0.3) is 0 Å². The highest BCUT2D eigenvalue weighted by Crippen LogP contribution is 2.29. The van der Waals surface area contributed by atoms with Gasteiger partial charge in [-0.3, -0.25) is 14.5 Å². The van der Waals surface area contributed by atoms with Gasteiger partial charge in [0.1, 0.15) is 11.5 Å². The van der Waals surface area contributed by atoms with Gasteiger partial charge in [0.15, 0.2) is 0 Å². The van der Waals surface area contributed by atoms with Gasteiger partial charge in [0, 0.05) is 37.6 Å². The van der Waals surface area contributed by atoms with E-state index in [4.69, 9.17) is 16.3 Å². The molecule has 1 atom stereocenters. The summed E-state index contributed by atoms with van der Waals surface area (Å²) < 4.78 is 5.47. The van der Waals surface area contributed by atoms with Crippen LogP contribution < -0.4 is 10.1 Å². The van der Waals surface area contributed by atoms with Crippen LogP contribution in [0.4, 0.5) is 5.69 Å². The molecule has 1 aliphatic rings. The normalized spacial score (nSPS) is 15.7. The SMILES string of the molecule is CC(=O)Nc1ccc(O)cc1O[C@H](O)CN1CCN(Cc2ccc(Cl)cc2)CC1=O. The zero-order valence-electron chi connectivity index (χ0n) is 16.5. The summed E-state index contributed by atoms with van der Waals surface area (Å²) in [5.41, 5.74) is 1.39. The van der Waals surface area contributed by atoms with Gasteiger partial charge in [-0.1, -0.05) is 23.7 Å². The Balaban J connectivity index is 1.55. The number of piperazine rings is 1. The second-order valence-corrected chi connectivity index (χ2v) is 7.55. The third kappa shape index (κ3) is 6.09. The van der Waals surface area contributed by atoms with Gasteiger partial charge in [0.2, 0.25) is 18.1 Å². The number of ether oxygens (including phenoxy) is 1. The number of aromatic hydroxyl groups is 1. The minimum atomic E-state index is -1.31. The van der Waals surface area contributed by atoms with Crippen molar-refractivity contribution in [1.82, 2.24) is 9.80 Å². The number of anilines is 1. The third-order valence-electron chi connectivity index (χ3n) is 4.63.